The van der Waals surface area contributed by atoms with E-state index in [4.69, 9.17) is 11.6 Å². The van der Waals surface area contributed by atoms with Crippen LogP contribution >= 0.6 is 27.5 Å². The zero-order valence-electron chi connectivity index (χ0n) is 6.41. The third-order valence-electron chi connectivity index (χ3n) is 1.21. The maximum absolute atomic E-state index is 10.4. The summed E-state index contributed by atoms with van der Waals surface area (Å²) in [6.45, 7) is 3.71. The van der Waals surface area contributed by atoms with E-state index in [1.54, 1.807) is 0 Å². The van der Waals surface area contributed by atoms with Gasteiger partial charge in [-0.1, -0.05) is 18.2 Å². The van der Waals surface area contributed by atoms with E-state index in [1.165, 1.54) is 10.9 Å². The lowest BCUT2D eigenvalue weighted by atomic mass is 10.6. The Balaban J connectivity index is 2.95. The minimum absolute atomic E-state index is 0.224. The molecular weight excluding hydrogens is 261 g/mol. The smallest absolute Gasteiger partial charge is 0.358 e. The molecule has 7 heteroatoms. The van der Waals surface area contributed by atoms with Gasteiger partial charge in [-0.05, 0) is 20.9 Å². The second-order valence-corrected chi connectivity index (χ2v) is 3.66. The van der Waals surface area contributed by atoms with Crippen LogP contribution in [0.2, 0.25) is 0 Å². The lowest BCUT2D eigenvalue weighted by molar-refractivity contribution is -0.390. The van der Waals surface area contributed by atoms with Crippen molar-refractivity contribution in [2.75, 3.05) is 0 Å². The van der Waals surface area contributed by atoms with E-state index >= 15 is 0 Å². The highest BCUT2D eigenvalue weighted by molar-refractivity contribution is 9.10. The standard InChI is InChI=1S/C6H5BrClN3O2/c1-4(8)2-10-3-5(7)6(9-10)11(12)13/h3H,1-2H2. The third kappa shape index (κ3) is 2.53. The summed E-state index contributed by atoms with van der Waals surface area (Å²) in [5, 5.41) is 14.4. The summed E-state index contributed by atoms with van der Waals surface area (Å²) in [5.41, 5.74) is 0. The predicted octanol–water partition coefficient (Wildman–Crippen LogP) is 2.31. The van der Waals surface area contributed by atoms with E-state index in [-0.39, 0.29) is 12.4 Å². The van der Waals surface area contributed by atoms with Crippen LogP contribution in [0.25, 0.3) is 0 Å². The minimum atomic E-state index is -0.572. The van der Waals surface area contributed by atoms with Gasteiger partial charge >= 0.3 is 5.82 Å². The Kier molecular flexibility index (Phi) is 3.05. The normalized spacial score (nSPS) is 10.0. The van der Waals surface area contributed by atoms with Crippen molar-refractivity contribution >= 4 is 33.3 Å². The maximum Gasteiger partial charge on any atom is 0.404 e. The molecule has 0 radical (unpaired) electrons. The molecule has 0 aliphatic heterocycles. The molecule has 0 aromatic carbocycles. The molecule has 0 N–H and O–H groups in total. The van der Waals surface area contributed by atoms with Crippen molar-refractivity contribution in [2.45, 2.75) is 6.54 Å². The SMILES string of the molecule is C=C(Cl)Cn1cc(Br)c([N+](=O)[O-])n1. The molecule has 0 aliphatic rings. The molecule has 0 fully saturated rings. The van der Waals surface area contributed by atoms with Crippen molar-refractivity contribution in [2.24, 2.45) is 0 Å². The molecule has 5 nitrogen and oxygen atoms in total. The van der Waals surface area contributed by atoms with Crippen molar-refractivity contribution in [3.63, 3.8) is 0 Å². The Morgan fingerprint density at radius 1 is 1.92 bits per heavy atom. The van der Waals surface area contributed by atoms with Gasteiger partial charge in [-0.2, -0.15) is 4.68 Å². The van der Waals surface area contributed by atoms with Gasteiger partial charge in [0.15, 0.2) is 0 Å². The first-order chi connectivity index (χ1) is 6.00. The van der Waals surface area contributed by atoms with E-state index in [0.717, 1.165) is 0 Å². The number of allylic oxidation sites excluding steroid dienone is 1. The van der Waals surface area contributed by atoms with Crippen LogP contribution in [0.4, 0.5) is 5.82 Å². The average molecular weight is 266 g/mol. The number of hydrogen-bond acceptors (Lipinski definition) is 3. The van der Waals surface area contributed by atoms with Gasteiger partial charge in [-0.25, -0.2) is 0 Å². The quantitative estimate of drug-likeness (QED) is 0.623. The fraction of sp³-hybridized carbons (Fsp3) is 0.167. The molecule has 1 heterocycles. The molecule has 0 spiro atoms. The van der Waals surface area contributed by atoms with Gasteiger partial charge in [0.05, 0.1) is 17.8 Å². The molecule has 0 unspecified atom stereocenters. The second-order valence-electron chi connectivity index (χ2n) is 2.27. The van der Waals surface area contributed by atoms with Gasteiger partial charge in [0.2, 0.25) is 0 Å². The predicted molar refractivity (Wildman–Crippen MR) is 51.6 cm³/mol. The zero-order valence-corrected chi connectivity index (χ0v) is 8.75. The fourth-order valence-electron chi connectivity index (χ4n) is 0.767. The van der Waals surface area contributed by atoms with Gasteiger partial charge in [0.1, 0.15) is 4.47 Å². The molecular formula is C6H5BrClN3O2. The van der Waals surface area contributed by atoms with Crippen LogP contribution in [0, 0.1) is 10.1 Å². The molecule has 0 bridgehead atoms. The average Bonchev–Trinajstić information content (AvgIpc) is 2.29. The lowest BCUT2D eigenvalue weighted by Crippen LogP contribution is -1.99. The van der Waals surface area contributed by atoms with E-state index in [2.05, 4.69) is 27.6 Å². The first kappa shape index (κ1) is 10.2. The highest BCUT2D eigenvalue weighted by Crippen LogP contribution is 2.22. The number of nitrogens with zero attached hydrogens (tertiary/aromatic N) is 3. The summed E-state index contributed by atoms with van der Waals surface area (Å²) < 4.78 is 1.67. The number of rotatable bonds is 3. The van der Waals surface area contributed by atoms with E-state index in [9.17, 15) is 10.1 Å². The van der Waals surface area contributed by atoms with Gasteiger partial charge < -0.3 is 10.1 Å². The van der Waals surface area contributed by atoms with Crippen molar-refractivity contribution in [1.82, 2.24) is 9.78 Å². The van der Waals surface area contributed by atoms with E-state index in [1.807, 2.05) is 0 Å². The molecule has 0 saturated heterocycles. The molecule has 0 amide bonds. The Hall–Kier alpha value is -0.880. The fourth-order valence-corrected chi connectivity index (χ4v) is 1.35. The van der Waals surface area contributed by atoms with Crippen molar-refractivity contribution in [3.8, 4) is 0 Å². The van der Waals surface area contributed by atoms with Crippen LogP contribution < -0.4 is 0 Å². The molecule has 1 rings (SSSR count). The first-order valence-corrected chi connectivity index (χ1v) is 4.38. The number of halogens is 2. The Morgan fingerprint density at radius 3 is 2.92 bits per heavy atom. The summed E-state index contributed by atoms with van der Waals surface area (Å²) in [6.07, 6.45) is 1.48. The first-order valence-electron chi connectivity index (χ1n) is 3.21. The molecule has 0 saturated carbocycles. The molecule has 0 aliphatic carbocycles. The van der Waals surface area contributed by atoms with Gasteiger partial charge in [0.25, 0.3) is 0 Å². The van der Waals surface area contributed by atoms with Gasteiger partial charge in [-0.15, -0.1) is 0 Å². The van der Waals surface area contributed by atoms with Crippen molar-refractivity contribution in [3.05, 3.63) is 32.4 Å². The second kappa shape index (κ2) is 3.89. The highest BCUT2D eigenvalue weighted by Gasteiger charge is 2.18. The van der Waals surface area contributed by atoms with E-state index < -0.39 is 4.92 Å². The topological polar surface area (TPSA) is 61.0 Å². The summed E-state index contributed by atoms with van der Waals surface area (Å²) >= 11 is 8.52. The molecule has 0 atom stereocenters. The maximum atomic E-state index is 10.4. The zero-order chi connectivity index (χ0) is 10.0. The third-order valence-corrected chi connectivity index (χ3v) is 1.88. The number of aromatic nitrogens is 2. The van der Waals surface area contributed by atoms with Crippen LogP contribution in [-0.4, -0.2) is 14.7 Å². The van der Waals surface area contributed by atoms with Crippen LogP contribution in [0.1, 0.15) is 0 Å². The van der Waals surface area contributed by atoms with Crippen LogP contribution in [0.3, 0.4) is 0 Å². The van der Waals surface area contributed by atoms with E-state index in [0.29, 0.717) is 9.51 Å². The molecule has 1 aromatic heterocycles. The highest BCUT2D eigenvalue weighted by atomic mass is 79.9. The Bertz CT molecular complexity index is 363. The molecule has 70 valence electrons. The molecule has 13 heavy (non-hydrogen) atoms. The number of nitro groups is 1. The van der Waals surface area contributed by atoms with Crippen LogP contribution in [0.15, 0.2) is 22.3 Å². The van der Waals surface area contributed by atoms with Crippen molar-refractivity contribution < 1.29 is 4.92 Å². The van der Waals surface area contributed by atoms with Gasteiger partial charge in [-0.3, -0.25) is 0 Å². The minimum Gasteiger partial charge on any atom is -0.358 e. The Labute approximate surface area is 87.3 Å². The summed E-state index contributed by atoms with van der Waals surface area (Å²) in [5.74, 6) is -0.224. The van der Waals surface area contributed by atoms with Crippen molar-refractivity contribution in [1.29, 1.82) is 0 Å². The lowest BCUT2D eigenvalue weighted by Gasteiger charge is -1.90. The van der Waals surface area contributed by atoms with Gasteiger partial charge in [0, 0.05) is 5.03 Å². The monoisotopic (exact) mass is 265 g/mol. The summed E-state index contributed by atoms with van der Waals surface area (Å²) in [7, 11) is 0. The summed E-state index contributed by atoms with van der Waals surface area (Å²) in [4.78, 5) is 9.79. The van der Waals surface area contributed by atoms with Crippen LogP contribution in [0.5, 0.6) is 0 Å². The largest absolute Gasteiger partial charge is 0.404 e. The summed E-state index contributed by atoms with van der Waals surface area (Å²) in [6, 6.07) is 0. The molecule has 1 aromatic rings. The van der Waals surface area contributed by atoms with Crippen LogP contribution in [-0.2, 0) is 6.54 Å². The Morgan fingerprint density at radius 2 is 2.54 bits per heavy atom. The number of hydrogen-bond donors (Lipinski definition) is 0.